The minimum atomic E-state index is -0.527. The first-order valence-corrected chi connectivity index (χ1v) is 8.80. The van der Waals surface area contributed by atoms with E-state index in [-0.39, 0.29) is 0 Å². The number of primary amides is 1. The maximum atomic E-state index is 11.2. The molecule has 0 radical (unpaired) electrons. The molecular weight excluding hydrogens is 324 g/mol. The molecule has 1 aromatic heterocycles. The summed E-state index contributed by atoms with van der Waals surface area (Å²) in [4.78, 5) is 22.2. The van der Waals surface area contributed by atoms with Gasteiger partial charge in [-0.1, -0.05) is 42.1 Å². The zero-order valence-electron chi connectivity index (χ0n) is 13.3. The van der Waals surface area contributed by atoms with E-state index in [4.69, 9.17) is 10.5 Å². The Morgan fingerprint density at radius 2 is 2.00 bits per heavy atom. The average molecular weight is 344 g/mol. The third-order valence-corrected chi connectivity index (χ3v) is 4.71. The highest BCUT2D eigenvalue weighted by Gasteiger charge is 2.24. The lowest BCUT2D eigenvalue weighted by molar-refractivity contribution is -0.135. The number of hydrogen-bond acceptors (Lipinski definition) is 6. The number of carbonyl (C=O) groups excluding carboxylic acids is 1. The topological polar surface area (TPSA) is 81.3 Å². The number of benzene rings is 1. The average Bonchev–Trinajstić information content (AvgIpc) is 2.62. The predicted molar refractivity (Wildman–Crippen MR) is 92.2 cm³/mol. The van der Waals surface area contributed by atoms with Crippen LogP contribution in [-0.2, 0) is 21.8 Å². The van der Waals surface area contributed by atoms with Crippen molar-refractivity contribution in [3.8, 4) is 0 Å². The first-order valence-electron chi connectivity index (χ1n) is 7.81. The number of ether oxygens (including phenoxy) is 1. The number of aromatic nitrogens is 2. The number of carbonyl (C=O) groups is 1. The summed E-state index contributed by atoms with van der Waals surface area (Å²) in [6.45, 7) is 2.49. The molecule has 1 saturated heterocycles. The van der Waals surface area contributed by atoms with Crippen molar-refractivity contribution in [2.45, 2.75) is 23.6 Å². The fourth-order valence-electron chi connectivity index (χ4n) is 2.50. The highest BCUT2D eigenvalue weighted by Crippen LogP contribution is 2.19. The smallest absolute Gasteiger partial charge is 0.247 e. The van der Waals surface area contributed by atoms with Gasteiger partial charge < -0.3 is 10.5 Å². The van der Waals surface area contributed by atoms with Crippen LogP contribution in [0.1, 0.15) is 11.1 Å². The molecular formula is C17H20N4O2S. The van der Waals surface area contributed by atoms with Crippen LogP contribution in [0, 0.1) is 0 Å². The Kier molecular flexibility index (Phi) is 5.79. The second-order valence-electron chi connectivity index (χ2n) is 5.65. The summed E-state index contributed by atoms with van der Waals surface area (Å²) in [6, 6.07) is 10.3. The van der Waals surface area contributed by atoms with Gasteiger partial charge in [0.15, 0.2) is 5.16 Å². The minimum Gasteiger partial charge on any atom is -0.367 e. The van der Waals surface area contributed by atoms with Gasteiger partial charge in [0.2, 0.25) is 5.91 Å². The van der Waals surface area contributed by atoms with E-state index in [0.717, 1.165) is 23.0 Å². The second kappa shape index (κ2) is 8.23. The highest BCUT2D eigenvalue weighted by molar-refractivity contribution is 7.98. The molecule has 1 atom stereocenters. The van der Waals surface area contributed by atoms with Crippen LogP contribution in [0.2, 0.25) is 0 Å². The third-order valence-electron chi connectivity index (χ3n) is 3.77. The van der Waals surface area contributed by atoms with E-state index in [2.05, 4.69) is 27.0 Å². The SMILES string of the molecule is NC(=O)[C@@H]1CN(Cc2cnc(SCc3ccccc3)nc2)CCO1. The van der Waals surface area contributed by atoms with Crippen molar-refractivity contribution in [2.24, 2.45) is 5.73 Å². The molecule has 2 heterocycles. The van der Waals surface area contributed by atoms with Gasteiger partial charge in [0.05, 0.1) is 6.61 Å². The Morgan fingerprint density at radius 3 is 2.71 bits per heavy atom. The minimum absolute atomic E-state index is 0.413. The largest absolute Gasteiger partial charge is 0.367 e. The van der Waals surface area contributed by atoms with E-state index in [0.29, 0.717) is 19.7 Å². The Hall–Kier alpha value is -1.96. The quantitative estimate of drug-likeness (QED) is 0.631. The molecule has 24 heavy (non-hydrogen) atoms. The number of thioether (sulfide) groups is 1. The summed E-state index contributed by atoms with van der Waals surface area (Å²) in [7, 11) is 0. The summed E-state index contributed by atoms with van der Waals surface area (Å²) >= 11 is 1.62. The highest BCUT2D eigenvalue weighted by atomic mass is 32.2. The van der Waals surface area contributed by atoms with Gasteiger partial charge in [-0.25, -0.2) is 9.97 Å². The lowest BCUT2D eigenvalue weighted by Gasteiger charge is -2.31. The molecule has 2 N–H and O–H groups in total. The van der Waals surface area contributed by atoms with Crippen molar-refractivity contribution < 1.29 is 9.53 Å². The van der Waals surface area contributed by atoms with Crippen LogP contribution in [0.25, 0.3) is 0 Å². The van der Waals surface area contributed by atoms with Crippen LogP contribution in [-0.4, -0.2) is 46.6 Å². The molecule has 1 fully saturated rings. The molecule has 6 nitrogen and oxygen atoms in total. The Morgan fingerprint density at radius 1 is 1.25 bits per heavy atom. The molecule has 1 amide bonds. The Balaban J connectivity index is 1.52. The Bertz CT molecular complexity index is 666. The normalized spacial score (nSPS) is 18.4. The maximum absolute atomic E-state index is 11.2. The molecule has 0 saturated carbocycles. The van der Waals surface area contributed by atoms with Gasteiger partial charge in [-0.2, -0.15) is 0 Å². The van der Waals surface area contributed by atoms with Crippen LogP contribution in [0.5, 0.6) is 0 Å². The lowest BCUT2D eigenvalue weighted by Crippen LogP contribution is -2.47. The number of amides is 1. The number of nitrogens with two attached hydrogens (primary N) is 1. The summed E-state index contributed by atoms with van der Waals surface area (Å²) in [5, 5.41) is 0.764. The van der Waals surface area contributed by atoms with Crippen molar-refractivity contribution >= 4 is 17.7 Å². The summed E-state index contributed by atoms with van der Waals surface area (Å²) < 4.78 is 5.35. The van der Waals surface area contributed by atoms with Gasteiger partial charge in [0.25, 0.3) is 0 Å². The van der Waals surface area contributed by atoms with E-state index >= 15 is 0 Å². The van der Waals surface area contributed by atoms with Gasteiger partial charge in [-0.15, -0.1) is 0 Å². The van der Waals surface area contributed by atoms with Crippen LogP contribution in [0.15, 0.2) is 47.9 Å². The van der Waals surface area contributed by atoms with E-state index in [1.54, 1.807) is 11.8 Å². The maximum Gasteiger partial charge on any atom is 0.247 e. The second-order valence-corrected chi connectivity index (χ2v) is 6.59. The van der Waals surface area contributed by atoms with Gasteiger partial charge in [-0.3, -0.25) is 9.69 Å². The molecule has 0 aliphatic carbocycles. The number of hydrogen-bond donors (Lipinski definition) is 1. The van der Waals surface area contributed by atoms with Gasteiger partial charge >= 0.3 is 0 Å². The van der Waals surface area contributed by atoms with Gasteiger partial charge in [0.1, 0.15) is 6.10 Å². The molecule has 1 aliphatic heterocycles. The molecule has 1 aliphatic rings. The fourth-order valence-corrected chi connectivity index (χ4v) is 3.24. The van der Waals surface area contributed by atoms with Crippen LogP contribution in [0.4, 0.5) is 0 Å². The zero-order chi connectivity index (χ0) is 16.8. The van der Waals surface area contributed by atoms with Crippen molar-refractivity contribution in [1.29, 1.82) is 0 Å². The van der Waals surface area contributed by atoms with Crippen molar-refractivity contribution in [1.82, 2.24) is 14.9 Å². The molecule has 0 unspecified atom stereocenters. The van der Waals surface area contributed by atoms with Crippen molar-refractivity contribution in [3.63, 3.8) is 0 Å². The first-order chi connectivity index (χ1) is 11.7. The zero-order valence-corrected chi connectivity index (χ0v) is 14.1. The van der Waals surface area contributed by atoms with E-state index < -0.39 is 12.0 Å². The van der Waals surface area contributed by atoms with Crippen molar-refractivity contribution in [2.75, 3.05) is 19.7 Å². The summed E-state index contributed by atoms with van der Waals surface area (Å²) in [6.07, 6.45) is 3.16. The van der Waals surface area contributed by atoms with E-state index in [1.165, 1.54) is 5.56 Å². The molecule has 3 rings (SSSR count). The van der Waals surface area contributed by atoms with Crippen molar-refractivity contribution in [3.05, 3.63) is 53.9 Å². The molecule has 126 valence electrons. The number of rotatable bonds is 6. The number of nitrogens with zero attached hydrogens (tertiary/aromatic N) is 3. The standard InChI is InChI=1S/C17H20N4O2S/c18-16(22)15-11-21(6-7-23-15)10-14-8-19-17(20-9-14)24-12-13-4-2-1-3-5-13/h1-5,8-9,15H,6-7,10-12H2,(H2,18,22)/t15-/m0/s1. The summed E-state index contributed by atoms with van der Waals surface area (Å²) in [5.74, 6) is 0.438. The third kappa shape index (κ3) is 4.77. The van der Waals surface area contributed by atoms with Crippen LogP contribution >= 0.6 is 11.8 Å². The predicted octanol–water partition coefficient (Wildman–Crippen LogP) is 1.45. The van der Waals surface area contributed by atoms with E-state index in [1.807, 2.05) is 30.6 Å². The molecule has 0 spiro atoms. The molecule has 7 heteroatoms. The van der Waals surface area contributed by atoms with Gasteiger partial charge in [-0.05, 0) is 5.56 Å². The lowest BCUT2D eigenvalue weighted by atomic mass is 10.2. The number of morpholine rings is 1. The molecule has 1 aromatic carbocycles. The fraction of sp³-hybridized carbons (Fsp3) is 0.353. The Labute approximate surface area is 145 Å². The molecule has 0 bridgehead atoms. The van der Waals surface area contributed by atoms with Gasteiger partial charge in [0, 0.05) is 43.3 Å². The van der Waals surface area contributed by atoms with E-state index in [9.17, 15) is 4.79 Å². The monoisotopic (exact) mass is 344 g/mol. The summed E-state index contributed by atoms with van der Waals surface area (Å²) in [5.41, 5.74) is 7.57. The first kappa shape index (κ1) is 16.9. The van der Waals surface area contributed by atoms with Crippen LogP contribution < -0.4 is 5.73 Å². The van der Waals surface area contributed by atoms with Crippen LogP contribution in [0.3, 0.4) is 0 Å². The molecule has 2 aromatic rings.